The Balaban J connectivity index is -0.000000137. The molecule has 0 aromatic carbocycles. The standard InChI is InChI=1S/C6H14O.C2H6O.C2H2/c1-4-6(2)5-7-3;1-2-3;1-2/h6H,4-5H2,1-3H3;3H,2H2,1H3;1-2H/t6-;;/m0../s1. The van der Waals surface area contributed by atoms with E-state index in [1.807, 2.05) is 0 Å². The van der Waals surface area contributed by atoms with E-state index >= 15 is 0 Å². The molecule has 0 saturated heterocycles. The number of aliphatic hydroxyl groups excluding tert-OH is 1. The van der Waals surface area contributed by atoms with Crippen molar-refractivity contribution in [3.63, 3.8) is 0 Å². The Morgan fingerprint density at radius 2 is 1.67 bits per heavy atom. The van der Waals surface area contributed by atoms with Gasteiger partial charge in [-0.15, -0.1) is 12.8 Å². The summed E-state index contributed by atoms with van der Waals surface area (Å²) in [6, 6.07) is 0. The summed E-state index contributed by atoms with van der Waals surface area (Å²) in [5, 5.41) is 7.57. The van der Waals surface area contributed by atoms with Crippen LogP contribution in [0.25, 0.3) is 0 Å². The highest BCUT2D eigenvalue weighted by Crippen LogP contribution is 1.98. The minimum absolute atomic E-state index is 0.250. The first-order valence-electron chi connectivity index (χ1n) is 4.15. The van der Waals surface area contributed by atoms with Crippen LogP contribution in [0.3, 0.4) is 0 Å². The minimum atomic E-state index is 0.250. The van der Waals surface area contributed by atoms with Crippen molar-refractivity contribution >= 4 is 0 Å². The van der Waals surface area contributed by atoms with Crippen LogP contribution in [0.2, 0.25) is 0 Å². The van der Waals surface area contributed by atoms with Crippen molar-refractivity contribution in [1.82, 2.24) is 0 Å². The predicted molar refractivity (Wildman–Crippen MR) is 54.0 cm³/mol. The van der Waals surface area contributed by atoms with Gasteiger partial charge in [0.2, 0.25) is 0 Å². The first kappa shape index (κ1) is 17.5. The molecule has 0 saturated carbocycles. The van der Waals surface area contributed by atoms with Gasteiger partial charge in [0.05, 0.1) is 0 Å². The van der Waals surface area contributed by atoms with Crippen LogP contribution in [0.4, 0.5) is 0 Å². The summed E-state index contributed by atoms with van der Waals surface area (Å²) in [5.74, 6) is 0.727. The van der Waals surface area contributed by atoms with Crippen LogP contribution in [-0.2, 0) is 4.74 Å². The molecule has 0 aliphatic heterocycles. The molecule has 0 heterocycles. The number of methoxy groups -OCH3 is 1. The molecule has 2 heteroatoms. The molecule has 2 nitrogen and oxygen atoms in total. The van der Waals surface area contributed by atoms with Gasteiger partial charge in [0.25, 0.3) is 0 Å². The third-order valence-corrected chi connectivity index (χ3v) is 1.15. The summed E-state index contributed by atoms with van der Waals surface area (Å²) in [6.45, 7) is 7.18. The van der Waals surface area contributed by atoms with E-state index in [-0.39, 0.29) is 6.61 Å². The van der Waals surface area contributed by atoms with E-state index in [4.69, 9.17) is 9.84 Å². The maximum atomic E-state index is 7.57. The van der Waals surface area contributed by atoms with Crippen molar-refractivity contribution in [3.05, 3.63) is 0 Å². The highest BCUT2D eigenvalue weighted by atomic mass is 16.5. The fourth-order valence-electron chi connectivity index (χ4n) is 0.402. The van der Waals surface area contributed by atoms with Crippen LogP contribution >= 0.6 is 0 Å². The Hall–Kier alpha value is -0.520. The molecule has 0 aliphatic rings. The van der Waals surface area contributed by atoms with E-state index < -0.39 is 0 Å². The molecule has 0 amide bonds. The van der Waals surface area contributed by atoms with Crippen molar-refractivity contribution < 1.29 is 9.84 Å². The highest BCUT2D eigenvalue weighted by Gasteiger charge is 1.93. The summed E-state index contributed by atoms with van der Waals surface area (Å²) in [6.07, 6.45) is 9.22. The highest BCUT2D eigenvalue weighted by molar-refractivity contribution is 4.47. The van der Waals surface area contributed by atoms with Crippen LogP contribution in [0.5, 0.6) is 0 Å². The molecule has 0 rings (SSSR count). The van der Waals surface area contributed by atoms with Crippen LogP contribution in [-0.4, -0.2) is 25.4 Å². The first-order valence-corrected chi connectivity index (χ1v) is 4.15. The number of hydrogen-bond acceptors (Lipinski definition) is 2. The molecule has 0 bridgehead atoms. The molecule has 74 valence electrons. The molecule has 12 heavy (non-hydrogen) atoms. The van der Waals surface area contributed by atoms with E-state index in [0.29, 0.717) is 0 Å². The van der Waals surface area contributed by atoms with Gasteiger partial charge in [-0.2, -0.15) is 0 Å². The predicted octanol–water partition coefficient (Wildman–Crippen LogP) is 1.93. The fraction of sp³-hybridized carbons (Fsp3) is 0.800. The summed E-state index contributed by atoms with van der Waals surface area (Å²) < 4.78 is 4.89. The van der Waals surface area contributed by atoms with Gasteiger partial charge in [0.15, 0.2) is 0 Å². The van der Waals surface area contributed by atoms with E-state index in [9.17, 15) is 0 Å². The molecule has 0 unspecified atom stereocenters. The quantitative estimate of drug-likeness (QED) is 0.662. The lowest BCUT2D eigenvalue weighted by Gasteiger charge is -2.03. The van der Waals surface area contributed by atoms with E-state index in [1.54, 1.807) is 14.0 Å². The third kappa shape index (κ3) is 34.0. The van der Waals surface area contributed by atoms with Crippen molar-refractivity contribution in [3.8, 4) is 12.8 Å². The maximum Gasteiger partial charge on any atom is 0.0487 e. The molecule has 0 aromatic heterocycles. The Kier molecular flexibility index (Phi) is 32.8. The zero-order valence-electron chi connectivity index (χ0n) is 8.71. The van der Waals surface area contributed by atoms with Gasteiger partial charge in [-0.05, 0) is 12.8 Å². The largest absolute Gasteiger partial charge is 0.397 e. The second-order valence-electron chi connectivity index (χ2n) is 2.28. The van der Waals surface area contributed by atoms with Crippen LogP contribution in [0, 0.1) is 18.8 Å². The number of hydrogen-bond donors (Lipinski definition) is 1. The number of terminal acetylenes is 1. The summed E-state index contributed by atoms with van der Waals surface area (Å²) >= 11 is 0. The average molecular weight is 174 g/mol. The van der Waals surface area contributed by atoms with Gasteiger partial charge in [0, 0.05) is 20.3 Å². The Bertz CT molecular complexity index is 69.5. The monoisotopic (exact) mass is 174 g/mol. The van der Waals surface area contributed by atoms with Gasteiger partial charge in [-0.3, -0.25) is 0 Å². The van der Waals surface area contributed by atoms with E-state index in [0.717, 1.165) is 12.5 Å². The van der Waals surface area contributed by atoms with Crippen LogP contribution in [0.15, 0.2) is 0 Å². The number of aliphatic hydroxyl groups is 1. The van der Waals surface area contributed by atoms with Gasteiger partial charge in [0.1, 0.15) is 0 Å². The number of ether oxygens (including phenoxy) is 1. The van der Waals surface area contributed by atoms with Crippen molar-refractivity contribution in [2.45, 2.75) is 27.2 Å². The summed E-state index contributed by atoms with van der Waals surface area (Å²) in [5.41, 5.74) is 0. The fourth-order valence-corrected chi connectivity index (χ4v) is 0.402. The second kappa shape index (κ2) is 22.4. The molecule has 0 aliphatic carbocycles. The average Bonchev–Trinajstić information content (AvgIpc) is 2.10. The molecule has 1 atom stereocenters. The van der Waals surface area contributed by atoms with Crippen molar-refractivity contribution in [2.75, 3.05) is 20.3 Å². The Morgan fingerprint density at radius 3 is 1.75 bits per heavy atom. The normalized spacial score (nSPS) is 9.92. The lowest BCUT2D eigenvalue weighted by molar-refractivity contribution is 0.158. The molecule has 0 aromatic rings. The minimum Gasteiger partial charge on any atom is -0.397 e. The lowest BCUT2D eigenvalue weighted by Crippen LogP contribution is -2.00. The molecule has 1 N–H and O–H groups in total. The van der Waals surface area contributed by atoms with Gasteiger partial charge < -0.3 is 9.84 Å². The molecule has 0 radical (unpaired) electrons. The summed E-state index contributed by atoms with van der Waals surface area (Å²) in [7, 11) is 1.74. The van der Waals surface area contributed by atoms with Gasteiger partial charge >= 0.3 is 0 Å². The zero-order chi connectivity index (χ0) is 10.4. The maximum absolute atomic E-state index is 7.57. The Morgan fingerprint density at radius 1 is 1.33 bits per heavy atom. The topological polar surface area (TPSA) is 29.5 Å². The smallest absolute Gasteiger partial charge is 0.0487 e. The first-order chi connectivity index (χ1) is 5.72. The molecule has 0 spiro atoms. The van der Waals surface area contributed by atoms with Crippen molar-refractivity contribution in [1.29, 1.82) is 0 Å². The van der Waals surface area contributed by atoms with Crippen LogP contribution < -0.4 is 0 Å². The van der Waals surface area contributed by atoms with Gasteiger partial charge in [-0.25, -0.2) is 0 Å². The molecule has 0 fully saturated rings. The SMILES string of the molecule is C#C.CCO.CC[C@H](C)COC. The lowest BCUT2D eigenvalue weighted by atomic mass is 10.1. The van der Waals surface area contributed by atoms with Crippen molar-refractivity contribution in [2.24, 2.45) is 5.92 Å². The summed E-state index contributed by atoms with van der Waals surface area (Å²) in [4.78, 5) is 0. The second-order valence-corrected chi connectivity index (χ2v) is 2.28. The van der Waals surface area contributed by atoms with Crippen LogP contribution in [0.1, 0.15) is 27.2 Å². The van der Waals surface area contributed by atoms with E-state index in [2.05, 4.69) is 26.7 Å². The number of rotatable bonds is 3. The zero-order valence-corrected chi connectivity index (χ0v) is 8.71. The van der Waals surface area contributed by atoms with E-state index in [1.165, 1.54) is 6.42 Å². The molecular formula is C10H22O2. The van der Waals surface area contributed by atoms with Gasteiger partial charge in [-0.1, -0.05) is 20.3 Å². The third-order valence-electron chi connectivity index (χ3n) is 1.15. The molecular weight excluding hydrogens is 152 g/mol. The Labute approximate surface area is 76.9 Å².